The standard InChI is InChI=1S/C22H25NO2S.C7H16/c1-6-10-23-19(12-16-9-11-26-22(16)23)21(24)20(14(2)3)18-13-17(25-5)8-7-15(18)4;1-4-6-7(3)5-2/h7-9,11-13H,6,10H2,1-5H3;7H,4-6H2,1-3H3. The minimum absolute atomic E-state index is 0.0817. The van der Waals surface area contributed by atoms with Crippen LogP contribution in [0.2, 0.25) is 0 Å². The van der Waals surface area contributed by atoms with Gasteiger partial charge in [-0.3, -0.25) is 4.79 Å². The zero-order valence-corrected chi connectivity index (χ0v) is 22.6. The fourth-order valence-corrected chi connectivity index (χ4v) is 4.97. The summed E-state index contributed by atoms with van der Waals surface area (Å²) < 4.78 is 7.55. The van der Waals surface area contributed by atoms with E-state index in [-0.39, 0.29) is 5.78 Å². The number of methoxy groups -OCH3 is 1. The van der Waals surface area contributed by atoms with E-state index in [1.54, 1.807) is 18.4 Å². The number of hydrogen-bond acceptors (Lipinski definition) is 3. The van der Waals surface area contributed by atoms with Crippen LogP contribution in [0.15, 0.2) is 41.3 Å². The van der Waals surface area contributed by atoms with Crippen molar-refractivity contribution in [2.24, 2.45) is 5.92 Å². The second-order valence-corrected chi connectivity index (χ2v) is 9.94. The van der Waals surface area contributed by atoms with Crippen molar-refractivity contribution in [3.8, 4) is 5.75 Å². The number of aryl methyl sites for hydroxylation is 2. The number of carbonyl (C=O) groups excluding carboxylic acids is 1. The molecule has 0 aliphatic carbocycles. The molecule has 0 fully saturated rings. The zero-order chi connectivity index (χ0) is 24.5. The van der Waals surface area contributed by atoms with Crippen LogP contribution in [0.5, 0.6) is 5.75 Å². The predicted molar refractivity (Wildman–Crippen MR) is 145 cm³/mol. The Morgan fingerprint density at radius 1 is 1.09 bits per heavy atom. The number of rotatable bonds is 9. The monoisotopic (exact) mass is 467 g/mol. The first-order valence-electron chi connectivity index (χ1n) is 12.2. The molecule has 0 bridgehead atoms. The second kappa shape index (κ2) is 12.8. The maximum Gasteiger partial charge on any atom is 0.209 e. The first-order valence-corrected chi connectivity index (χ1v) is 13.1. The molecule has 2 aromatic heterocycles. The molecular weight excluding hydrogens is 426 g/mol. The highest BCUT2D eigenvalue weighted by Crippen LogP contribution is 2.33. The van der Waals surface area contributed by atoms with Crippen molar-refractivity contribution >= 4 is 32.9 Å². The first kappa shape index (κ1) is 26.9. The molecule has 1 unspecified atom stereocenters. The van der Waals surface area contributed by atoms with E-state index in [4.69, 9.17) is 4.74 Å². The van der Waals surface area contributed by atoms with E-state index in [9.17, 15) is 4.79 Å². The SMILES string of the molecule is CCCC(C)CC.CCCn1c(C(=O)C(=C(C)C)c2cc(OC)ccc2C)cc2ccsc21. The third kappa shape index (κ3) is 6.60. The molecule has 3 nitrogen and oxygen atoms in total. The van der Waals surface area contributed by atoms with E-state index in [0.717, 1.165) is 58.0 Å². The van der Waals surface area contributed by atoms with Crippen LogP contribution in [-0.2, 0) is 6.54 Å². The molecule has 1 aromatic carbocycles. The van der Waals surface area contributed by atoms with Crippen LogP contribution in [0.1, 0.15) is 88.8 Å². The molecule has 0 saturated heterocycles. The highest BCUT2D eigenvalue weighted by atomic mass is 32.1. The lowest BCUT2D eigenvalue weighted by Crippen LogP contribution is -2.12. The molecule has 3 aromatic rings. The number of aromatic nitrogens is 1. The van der Waals surface area contributed by atoms with Gasteiger partial charge in [0.2, 0.25) is 5.78 Å². The molecule has 180 valence electrons. The van der Waals surface area contributed by atoms with E-state index in [2.05, 4.69) is 43.7 Å². The van der Waals surface area contributed by atoms with Crippen LogP contribution in [0.4, 0.5) is 0 Å². The number of Topliss-reactive ketones (excluding diaryl/α,β-unsaturated/α-hetero) is 1. The van der Waals surface area contributed by atoms with E-state index in [0.29, 0.717) is 0 Å². The summed E-state index contributed by atoms with van der Waals surface area (Å²) in [6.45, 7) is 15.8. The van der Waals surface area contributed by atoms with Crippen molar-refractivity contribution < 1.29 is 9.53 Å². The lowest BCUT2D eigenvalue weighted by molar-refractivity contribution is 0.104. The molecule has 33 heavy (non-hydrogen) atoms. The first-order chi connectivity index (χ1) is 15.8. The number of nitrogens with zero attached hydrogens (tertiary/aromatic N) is 1. The number of ketones is 1. The van der Waals surface area contributed by atoms with Crippen LogP contribution >= 0.6 is 11.3 Å². The predicted octanol–water partition coefficient (Wildman–Crippen LogP) is 8.94. The quantitative estimate of drug-likeness (QED) is 0.232. The molecule has 0 amide bonds. The molecule has 3 rings (SSSR count). The fourth-order valence-electron chi connectivity index (χ4n) is 4.05. The van der Waals surface area contributed by atoms with Crippen molar-refractivity contribution in [3.63, 3.8) is 0 Å². The molecule has 0 aliphatic rings. The number of thiophene rings is 1. The van der Waals surface area contributed by atoms with Gasteiger partial charge in [0.15, 0.2) is 0 Å². The Morgan fingerprint density at radius 2 is 1.82 bits per heavy atom. The van der Waals surface area contributed by atoms with Crippen molar-refractivity contribution in [2.45, 2.75) is 80.7 Å². The van der Waals surface area contributed by atoms with Crippen molar-refractivity contribution in [1.82, 2.24) is 4.57 Å². The number of benzene rings is 1. The largest absolute Gasteiger partial charge is 0.497 e. The highest BCUT2D eigenvalue weighted by molar-refractivity contribution is 7.16. The van der Waals surface area contributed by atoms with Crippen molar-refractivity contribution in [3.05, 3.63) is 58.1 Å². The van der Waals surface area contributed by atoms with Crippen LogP contribution in [0, 0.1) is 12.8 Å². The minimum atomic E-state index is 0.0817. The number of ether oxygens (including phenoxy) is 1. The lowest BCUT2D eigenvalue weighted by Gasteiger charge is -2.15. The van der Waals surface area contributed by atoms with Gasteiger partial charge in [0.05, 0.1) is 12.8 Å². The summed E-state index contributed by atoms with van der Waals surface area (Å²) in [5, 5.41) is 3.22. The van der Waals surface area contributed by atoms with Crippen molar-refractivity contribution in [2.75, 3.05) is 7.11 Å². The number of allylic oxidation sites excluding steroid dienone is 2. The molecule has 2 heterocycles. The van der Waals surface area contributed by atoms with Gasteiger partial charge in [-0.05, 0) is 73.9 Å². The van der Waals surface area contributed by atoms with Crippen molar-refractivity contribution in [1.29, 1.82) is 0 Å². The summed E-state index contributed by atoms with van der Waals surface area (Å²) >= 11 is 1.69. The van der Waals surface area contributed by atoms with Gasteiger partial charge in [-0.1, -0.05) is 58.6 Å². The Hall–Kier alpha value is -2.33. The summed E-state index contributed by atoms with van der Waals surface area (Å²) in [5.41, 5.74) is 4.57. The summed E-state index contributed by atoms with van der Waals surface area (Å²) in [6, 6.07) is 10.0. The fraction of sp³-hybridized carbons (Fsp3) is 0.483. The van der Waals surface area contributed by atoms with E-state index in [1.807, 2.05) is 45.0 Å². The van der Waals surface area contributed by atoms with Gasteiger partial charge in [0.1, 0.15) is 10.6 Å². The molecular formula is C29H41NO2S. The summed E-state index contributed by atoms with van der Waals surface area (Å²) in [5.74, 6) is 1.80. The Balaban J connectivity index is 0.000000479. The van der Waals surface area contributed by atoms with E-state index >= 15 is 0 Å². The van der Waals surface area contributed by atoms with Crippen LogP contribution in [0.3, 0.4) is 0 Å². The topological polar surface area (TPSA) is 31.2 Å². The maximum atomic E-state index is 13.6. The van der Waals surface area contributed by atoms with Gasteiger partial charge < -0.3 is 9.30 Å². The molecule has 0 saturated carbocycles. The summed E-state index contributed by atoms with van der Waals surface area (Å²) in [4.78, 5) is 14.8. The smallest absolute Gasteiger partial charge is 0.209 e. The third-order valence-electron chi connectivity index (χ3n) is 6.10. The Kier molecular flexibility index (Phi) is 10.4. The minimum Gasteiger partial charge on any atom is -0.497 e. The molecule has 0 radical (unpaired) electrons. The van der Waals surface area contributed by atoms with E-state index < -0.39 is 0 Å². The van der Waals surface area contributed by atoms with Gasteiger partial charge in [-0.25, -0.2) is 0 Å². The van der Waals surface area contributed by atoms with Gasteiger partial charge in [0, 0.05) is 17.5 Å². The van der Waals surface area contributed by atoms with Crippen LogP contribution < -0.4 is 4.74 Å². The molecule has 4 heteroatoms. The lowest BCUT2D eigenvalue weighted by atomic mass is 9.92. The summed E-state index contributed by atoms with van der Waals surface area (Å²) in [6.07, 6.45) is 5.07. The molecule has 1 atom stereocenters. The highest BCUT2D eigenvalue weighted by Gasteiger charge is 2.23. The Bertz CT molecular complexity index is 1080. The normalized spacial score (nSPS) is 11.6. The van der Waals surface area contributed by atoms with Gasteiger partial charge >= 0.3 is 0 Å². The molecule has 0 N–H and O–H groups in total. The maximum absolute atomic E-state index is 13.6. The Morgan fingerprint density at radius 3 is 2.36 bits per heavy atom. The van der Waals surface area contributed by atoms with Gasteiger partial charge in [0.25, 0.3) is 0 Å². The van der Waals surface area contributed by atoms with Gasteiger partial charge in [-0.15, -0.1) is 11.3 Å². The molecule has 0 spiro atoms. The zero-order valence-electron chi connectivity index (χ0n) is 21.7. The van der Waals surface area contributed by atoms with Crippen LogP contribution in [0.25, 0.3) is 15.8 Å². The Labute approximate surface area is 204 Å². The van der Waals surface area contributed by atoms with E-state index in [1.165, 1.54) is 24.1 Å². The number of hydrogen-bond donors (Lipinski definition) is 0. The number of fused-ring (bicyclic) bond motifs is 1. The summed E-state index contributed by atoms with van der Waals surface area (Å²) in [7, 11) is 1.65. The van der Waals surface area contributed by atoms with Gasteiger partial charge in [-0.2, -0.15) is 0 Å². The second-order valence-electron chi connectivity index (χ2n) is 9.05. The average Bonchev–Trinajstić information content (AvgIpc) is 3.38. The molecule has 0 aliphatic heterocycles. The average molecular weight is 468 g/mol. The van der Waals surface area contributed by atoms with Crippen LogP contribution in [-0.4, -0.2) is 17.5 Å². The number of carbonyl (C=O) groups is 1. The third-order valence-corrected chi connectivity index (χ3v) is 7.05.